The zero-order valence-electron chi connectivity index (χ0n) is 10.9. The SMILES string of the molecule is COC(=O)C(C)CN1CCC(N(C)C)CC1. The number of carbonyl (C=O) groups is 1. The summed E-state index contributed by atoms with van der Waals surface area (Å²) < 4.78 is 4.74. The van der Waals surface area contributed by atoms with E-state index in [9.17, 15) is 4.79 Å². The molecule has 1 unspecified atom stereocenters. The van der Waals surface area contributed by atoms with E-state index in [1.807, 2.05) is 6.92 Å². The number of piperidine rings is 1. The average Bonchev–Trinajstić information content (AvgIpc) is 2.28. The number of nitrogens with zero attached hydrogens (tertiary/aromatic N) is 2. The van der Waals surface area contributed by atoms with E-state index in [-0.39, 0.29) is 11.9 Å². The Balaban J connectivity index is 2.29. The van der Waals surface area contributed by atoms with E-state index in [1.54, 1.807) is 0 Å². The van der Waals surface area contributed by atoms with Crippen molar-refractivity contribution in [1.82, 2.24) is 9.80 Å². The summed E-state index contributed by atoms with van der Waals surface area (Å²) in [7, 11) is 5.73. The number of ether oxygens (including phenoxy) is 1. The van der Waals surface area contributed by atoms with Gasteiger partial charge >= 0.3 is 5.97 Å². The molecule has 1 aliphatic rings. The summed E-state index contributed by atoms with van der Waals surface area (Å²) in [4.78, 5) is 16.0. The van der Waals surface area contributed by atoms with E-state index < -0.39 is 0 Å². The average molecular weight is 228 g/mol. The fourth-order valence-electron chi connectivity index (χ4n) is 2.28. The number of esters is 1. The zero-order valence-corrected chi connectivity index (χ0v) is 10.9. The molecule has 16 heavy (non-hydrogen) atoms. The van der Waals surface area contributed by atoms with Gasteiger partial charge in [0.2, 0.25) is 0 Å². The molecular weight excluding hydrogens is 204 g/mol. The lowest BCUT2D eigenvalue weighted by atomic mass is 10.0. The Bertz CT molecular complexity index is 223. The lowest BCUT2D eigenvalue weighted by Gasteiger charge is -2.35. The van der Waals surface area contributed by atoms with Crippen LogP contribution in [0.1, 0.15) is 19.8 Å². The first-order valence-electron chi connectivity index (χ1n) is 6.01. The molecule has 0 bridgehead atoms. The fraction of sp³-hybridized carbons (Fsp3) is 0.917. The van der Waals surface area contributed by atoms with E-state index >= 15 is 0 Å². The number of hydrogen-bond donors (Lipinski definition) is 0. The summed E-state index contributed by atoms with van der Waals surface area (Å²) in [5, 5.41) is 0. The van der Waals surface area contributed by atoms with E-state index in [4.69, 9.17) is 4.74 Å². The van der Waals surface area contributed by atoms with Crippen molar-refractivity contribution in [3.05, 3.63) is 0 Å². The van der Waals surface area contributed by atoms with Gasteiger partial charge in [-0.2, -0.15) is 0 Å². The Kier molecular flexibility index (Phi) is 5.22. The smallest absolute Gasteiger partial charge is 0.309 e. The van der Waals surface area contributed by atoms with E-state index in [0.717, 1.165) is 19.6 Å². The molecule has 1 heterocycles. The lowest BCUT2D eigenvalue weighted by molar-refractivity contribution is -0.145. The van der Waals surface area contributed by atoms with Gasteiger partial charge in [0.05, 0.1) is 13.0 Å². The summed E-state index contributed by atoms with van der Waals surface area (Å²) in [5.41, 5.74) is 0. The molecule has 0 amide bonds. The molecule has 0 saturated carbocycles. The molecular formula is C12H24N2O2. The molecule has 0 N–H and O–H groups in total. The van der Waals surface area contributed by atoms with Crippen molar-refractivity contribution in [1.29, 1.82) is 0 Å². The standard InChI is InChI=1S/C12H24N2O2/c1-10(12(15)16-4)9-14-7-5-11(6-8-14)13(2)3/h10-11H,5-9H2,1-4H3. The Labute approximate surface area is 98.5 Å². The van der Waals surface area contributed by atoms with Crippen molar-refractivity contribution in [2.75, 3.05) is 40.8 Å². The molecule has 0 aromatic heterocycles. The monoisotopic (exact) mass is 228 g/mol. The fourth-order valence-corrected chi connectivity index (χ4v) is 2.28. The molecule has 1 saturated heterocycles. The molecule has 1 rings (SSSR count). The second-order valence-electron chi connectivity index (χ2n) is 4.92. The largest absolute Gasteiger partial charge is 0.469 e. The summed E-state index contributed by atoms with van der Waals surface area (Å²) in [5.74, 6) is -0.115. The molecule has 0 spiro atoms. The van der Waals surface area contributed by atoms with Crippen molar-refractivity contribution >= 4 is 5.97 Å². The van der Waals surface area contributed by atoms with Crippen molar-refractivity contribution in [3.8, 4) is 0 Å². The van der Waals surface area contributed by atoms with Crippen molar-refractivity contribution < 1.29 is 9.53 Å². The van der Waals surface area contributed by atoms with Gasteiger partial charge in [-0.1, -0.05) is 6.92 Å². The van der Waals surface area contributed by atoms with Crippen molar-refractivity contribution in [2.24, 2.45) is 5.92 Å². The molecule has 1 aliphatic heterocycles. The Morgan fingerprint density at radius 1 is 1.44 bits per heavy atom. The molecule has 1 fully saturated rings. The maximum atomic E-state index is 11.3. The number of carbonyl (C=O) groups excluding carboxylic acids is 1. The quantitative estimate of drug-likeness (QED) is 0.667. The minimum absolute atomic E-state index is 0.0130. The topological polar surface area (TPSA) is 32.8 Å². The van der Waals surface area contributed by atoms with Gasteiger partial charge in [-0.05, 0) is 40.0 Å². The van der Waals surface area contributed by atoms with Gasteiger partial charge in [-0.25, -0.2) is 0 Å². The number of hydrogen-bond acceptors (Lipinski definition) is 4. The van der Waals surface area contributed by atoms with Crippen LogP contribution in [0.2, 0.25) is 0 Å². The van der Waals surface area contributed by atoms with E-state index in [1.165, 1.54) is 20.0 Å². The second-order valence-corrected chi connectivity index (χ2v) is 4.92. The first kappa shape index (κ1) is 13.5. The van der Waals surface area contributed by atoms with Crippen LogP contribution >= 0.6 is 0 Å². The highest BCUT2D eigenvalue weighted by molar-refractivity contribution is 5.72. The maximum absolute atomic E-state index is 11.3. The Morgan fingerprint density at radius 2 is 2.00 bits per heavy atom. The molecule has 0 aliphatic carbocycles. The third-order valence-electron chi connectivity index (χ3n) is 3.42. The highest BCUT2D eigenvalue weighted by Gasteiger charge is 2.23. The van der Waals surface area contributed by atoms with Gasteiger partial charge in [-0.15, -0.1) is 0 Å². The summed E-state index contributed by atoms with van der Waals surface area (Å²) >= 11 is 0. The molecule has 0 aromatic rings. The van der Waals surface area contributed by atoms with Gasteiger partial charge in [-0.3, -0.25) is 4.79 Å². The predicted molar refractivity (Wildman–Crippen MR) is 64.3 cm³/mol. The van der Waals surface area contributed by atoms with Crippen LogP contribution < -0.4 is 0 Å². The second kappa shape index (κ2) is 6.21. The van der Waals surface area contributed by atoms with E-state index in [0.29, 0.717) is 6.04 Å². The van der Waals surface area contributed by atoms with E-state index in [2.05, 4.69) is 23.9 Å². The third-order valence-corrected chi connectivity index (χ3v) is 3.42. The Hall–Kier alpha value is -0.610. The third kappa shape index (κ3) is 3.76. The van der Waals surface area contributed by atoms with Crippen LogP contribution in [0.4, 0.5) is 0 Å². The minimum atomic E-state index is -0.102. The molecule has 4 nitrogen and oxygen atoms in total. The van der Waals surface area contributed by atoms with Crippen LogP contribution in [0, 0.1) is 5.92 Å². The lowest BCUT2D eigenvalue weighted by Crippen LogP contribution is -2.44. The molecule has 0 radical (unpaired) electrons. The summed E-state index contributed by atoms with van der Waals surface area (Å²) in [6, 6.07) is 0.699. The maximum Gasteiger partial charge on any atom is 0.309 e. The normalized spacial score (nSPS) is 21.1. The molecule has 1 atom stereocenters. The number of likely N-dealkylation sites (tertiary alicyclic amines) is 1. The van der Waals surface area contributed by atoms with Crippen LogP contribution in [-0.2, 0) is 9.53 Å². The summed E-state index contributed by atoms with van der Waals surface area (Å²) in [6.07, 6.45) is 2.39. The molecule has 4 heteroatoms. The summed E-state index contributed by atoms with van der Waals surface area (Å²) in [6.45, 7) is 4.94. The first-order chi connectivity index (χ1) is 7.54. The van der Waals surface area contributed by atoms with Crippen LogP contribution in [0.3, 0.4) is 0 Å². The van der Waals surface area contributed by atoms with Crippen LogP contribution in [0.15, 0.2) is 0 Å². The van der Waals surface area contributed by atoms with Gasteiger partial charge in [0.1, 0.15) is 0 Å². The van der Waals surface area contributed by atoms with Crippen molar-refractivity contribution in [3.63, 3.8) is 0 Å². The predicted octanol–water partition coefficient (Wildman–Crippen LogP) is 0.821. The van der Waals surface area contributed by atoms with Gasteiger partial charge in [0, 0.05) is 12.6 Å². The van der Waals surface area contributed by atoms with Crippen molar-refractivity contribution in [2.45, 2.75) is 25.8 Å². The highest BCUT2D eigenvalue weighted by Crippen LogP contribution is 2.15. The van der Waals surface area contributed by atoms with Gasteiger partial charge in [0.15, 0.2) is 0 Å². The number of rotatable bonds is 4. The van der Waals surface area contributed by atoms with Crippen LogP contribution in [0.5, 0.6) is 0 Å². The molecule has 0 aromatic carbocycles. The zero-order chi connectivity index (χ0) is 12.1. The highest BCUT2D eigenvalue weighted by atomic mass is 16.5. The molecule has 94 valence electrons. The minimum Gasteiger partial charge on any atom is -0.469 e. The Morgan fingerprint density at radius 3 is 2.44 bits per heavy atom. The number of methoxy groups -OCH3 is 1. The van der Waals surface area contributed by atoms with Gasteiger partial charge in [0.25, 0.3) is 0 Å². The van der Waals surface area contributed by atoms with Crippen LogP contribution in [0.25, 0.3) is 0 Å². The van der Waals surface area contributed by atoms with Crippen LogP contribution in [-0.4, -0.2) is 62.7 Å². The van der Waals surface area contributed by atoms with Gasteiger partial charge < -0.3 is 14.5 Å². The first-order valence-corrected chi connectivity index (χ1v) is 6.01.